The molecule has 2 N–H and O–H groups in total. The van der Waals surface area contributed by atoms with Crippen molar-refractivity contribution in [3.63, 3.8) is 0 Å². The van der Waals surface area contributed by atoms with Crippen LogP contribution in [0.3, 0.4) is 0 Å². The van der Waals surface area contributed by atoms with Crippen LogP contribution < -0.4 is 10.6 Å². The molecule has 112 valence electrons. The number of likely N-dealkylation sites (N-methyl/N-ethyl adjacent to an activating group) is 1. The molecule has 2 aromatic carbocycles. The molecule has 2 rings (SSSR count). The first-order valence-electron chi connectivity index (χ1n) is 6.60. The Balaban J connectivity index is 2.29. The van der Waals surface area contributed by atoms with Crippen molar-refractivity contribution in [3.05, 3.63) is 65.5 Å². The third kappa shape index (κ3) is 3.36. The fourth-order valence-electron chi connectivity index (χ4n) is 2.29. The maximum atomic E-state index is 13.8. The predicted molar refractivity (Wildman–Crippen MR) is 78.0 cm³/mol. The maximum Gasteiger partial charge on any atom is 0.263 e. The minimum Gasteiger partial charge on any atom is -0.364 e. The van der Waals surface area contributed by atoms with Crippen LogP contribution >= 0.6 is 0 Å². The molecule has 0 radical (unpaired) electrons. The van der Waals surface area contributed by atoms with E-state index in [4.69, 9.17) is 5.73 Å². The zero-order valence-corrected chi connectivity index (χ0v) is 11.6. The summed E-state index contributed by atoms with van der Waals surface area (Å²) in [6, 6.07) is 12.1. The molecule has 0 saturated carbocycles. The van der Waals surface area contributed by atoms with Crippen molar-refractivity contribution in [2.24, 2.45) is 5.73 Å². The van der Waals surface area contributed by atoms with E-state index in [0.717, 1.165) is 5.56 Å². The van der Waals surface area contributed by atoms with E-state index < -0.39 is 6.43 Å². The molecule has 2 nitrogen and oxygen atoms in total. The normalized spacial score (nSPS) is 12.5. The maximum absolute atomic E-state index is 13.8. The van der Waals surface area contributed by atoms with Crippen LogP contribution in [0.4, 0.5) is 18.9 Å². The summed E-state index contributed by atoms with van der Waals surface area (Å²) in [7, 11) is 1.73. The van der Waals surface area contributed by atoms with Gasteiger partial charge in [0, 0.05) is 19.2 Å². The summed E-state index contributed by atoms with van der Waals surface area (Å²) in [5, 5.41) is 0. The molecular formula is C16H17F3N2. The Kier molecular flexibility index (Phi) is 4.85. The highest BCUT2D eigenvalue weighted by Gasteiger charge is 2.19. The summed E-state index contributed by atoms with van der Waals surface area (Å²) in [6.45, 7) is 0.249. The van der Waals surface area contributed by atoms with Gasteiger partial charge in [0.05, 0.1) is 11.7 Å². The van der Waals surface area contributed by atoms with Crippen molar-refractivity contribution in [3.8, 4) is 0 Å². The van der Waals surface area contributed by atoms with Crippen molar-refractivity contribution in [2.45, 2.75) is 12.5 Å². The minimum atomic E-state index is -2.50. The Morgan fingerprint density at radius 3 is 2.10 bits per heavy atom. The lowest BCUT2D eigenvalue weighted by Crippen LogP contribution is -2.31. The molecule has 2 aromatic rings. The largest absolute Gasteiger partial charge is 0.364 e. The third-order valence-corrected chi connectivity index (χ3v) is 3.50. The highest BCUT2D eigenvalue weighted by atomic mass is 19.3. The van der Waals surface area contributed by atoms with E-state index in [9.17, 15) is 13.2 Å². The summed E-state index contributed by atoms with van der Waals surface area (Å²) in [5.41, 5.74) is 6.93. The molecule has 0 heterocycles. The molecule has 21 heavy (non-hydrogen) atoms. The van der Waals surface area contributed by atoms with E-state index in [-0.39, 0.29) is 24.0 Å². The zero-order chi connectivity index (χ0) is 15.4. The van der Waals surface area contributed by atoms with Gasteiger partial charge in [-0.25, -0.2) is 13.2 Å². The van der Waals surface area contributed by atoms with Gasteiger partial charge in [-0.05, 0) is 17.7 Å². The summed E-state index contributed by atoms with van der Waals surface area (Å²) in [6.07, 6.45) is -2.50. The predicted octanol–water partition coefficient (Wildman–Crippen LogP) is 3.90. The number of anilines is 1. The van der Waals surface area contributed by atoms with Crippen LogP contribution in [0.2, 0.25) is 0 Å². The molecule has 0 aliphatic carbocycles. The number of nitrogens with zero attached hydrogens (tertiary/aromatic N) is 1. The molecular weight excluding hydrogens is 277 g/mol. The molecule has 1 unspecified atom stereocenters. The van der Waals surface area contributed by atoms with Gasteiger partial charge in [-0.15, -0.1) is 0 Å². The molecule has 0 aliphatic heterocycles. The molecule has 0 fully saturated rings. The van der Waals surface area contributed by atoms with E-state index in [1.807, 2.05) is 0 Å². The van der Waals surface area contributed by atoms with Crippen molar-refractivity contribution >= 4 is 5.69 Å². The van der Waals surface area contributed by atoms with Gasteiger partial charge in [0.15, 0.2) is 0 Å². The second-order valence-electron chi connectivity index (χ2n) is 4.78. The second-order valence-corrected chi connectivity index (χ2v) is 4.78. The highest BCUT2D eigenvalue weighted by molar-refractivity contribution is 5.49. The summed E-state index contributed by atoms with van der Waals surface area (Å²) < 4.78 is 39.0. The van der Waals surface area contributed by atoms with E-state index in [1.165, 1.54) is 18.2 Å². The Hall–Kier alpha value is -2.01. The number of para-hydroxylation sites is 1. The first-order chi connectivity index (χ1) is 10.0. The summed E-state index contributed by atoms with van der Waals surface area (Å²) in [4.78, 5) is 1.71. The number of nitrogens with two attached hydrogens (primary N) is 1. The lowest BCUT2D eigenvalue weighted by Gasteiger charge is -2.30. The number of alkyl halides is 2. The van der Waals surface area contributed by atoms with Gasteiger partial charge < -0.3 is 10.6 Å². The molecule has 0 saturated heterocycles. The van der Waals surface area contributed by atoms with Gasteiger partial charge in [-0.1, -0.05) is 36.4 Å². The Morgan fingerprint density at radius 1 is 1.00 bits per heavy atom. The van der Waals surface area contributed by atoms with Crippen molar-refractivity contribution in [2.75, 3.05) is 18.5 Å². The van der Waals surface area contributed by atoms with Gasteiger partial charge in [-0.2, -0.15) is 0 Å². The standard InChI is InChI=1S/C16H17F3N2/c1-21(14-5-3-2-4-13(14)17)15(10-20)11-6-8-12(9-7-11)16(18)19/h2-9,15-16H,10,20H2,1H3. The van der Waals surface area contributed by atoms with Gasteiger partial charge in [0.25, 0.3) is 6.43 Å². The van der Waals surface area contributed by atoms with E-state index in [0.29, 0.717) is 5.69 Å². The van der Waals surface area contributed by atoms with Crippen LogP contribution in [0.25, 0.3) is 0 Å². The van der Waals surface area contributed by atoms with Crippen molar-refractivity contribution < 1.29 is 13.2 Å². The summed E-state index contributed by atoms with van der Waals surface area (Å²) in [5.74, 6) is -0.345. The molecule has 0 aromatic heterocycles. The topological polar surface area (TPSA) is 29.3 Å². The van der Waals surface area contributed by atoms with E-state index >= 15 is 0 Å². The fourth-order valence-corrected chi connectivity index (χ4v) is 2.29. The Bertz CT molecular complexity index is 584. The third-order valence-electron chi connectivity index (χ3n) is 3.50. The van der Waals surface area contributed by atoms with Gasteiger partial charge in [-0.3, -0.25) is 0 Å². The average Bonchev–Trinajstić information content (AvgIpc) is 2.49. The van der Waals surface area contributed by atoms with Crippen molar-refractivity contribution in [1.82, 2.24) is 0 Å². The van der Waals surface area contributed by atoms with Gasteiger partial charge in [0.2, 0.25) is 0 Å². The minimum absolute atomic E-state index is 0.0388. The molecule has 0 aliphatic rings. The first kappa shape index (κ1) is 15.4. The van der Waals surface area contributed by atoms with Gasteiger partial charge >= 0.3 is 0 Å². The van der Waals surface area contributed by atoms with Crippen LogP contribution in [-0.2, 0) is 0 Å². The highest BCUT2D eigenvalue weighted by Crippen LogP contribution is 2.28. The van der Waals surface area contributed by atoms with Crippen LogP contribution in [0.5, 0.6) is 0 Å². The SMILES string of the molecule is CN(c1ccccc1F)C(CN)c1ccc(C(F)F)cc1. The first-order valence-corrected chi connectivity index (χ1v) is 6.60. The monoisotopic (exact) mass is 294 g/mol. The second kappa shape index (κ2) is 6.63. The summed E-state index contributed by atoms with van der Waals surface area (Å²) >= 11 is 0. The lowest BCUT2D eigenvalue weighted by molar-refractivity contribution is 0.151. The number of hydrogen-bond acceptors (Lipinski definition) is 2. The number of benzene rings is 2. The van der Waals surface area contributed by atoms with Crippen LogP contribution in [0, 0.1) is 5.82 Å². The van der Waals surface area contributed by atoms with Crippen LogP contribution in [-0.4, -0.2) is 13.6 Å². The number of halogens is 3. The Morgan fingerprint density at radius 2 is 1.57 bits per heavy atom. The average molecular weight is 294 g/mol. The van der Waals surface area contributed by atoms with E-state index in [2.05, 4.69) is 0 Å². The van der Waals surface area contributed by atoms with E-state index in [1.54, 1.807) is 42.3 Å². The quantitative estimate of drug-likeness (QED) is 0.906. The zero-order valence-electron chi connectivity index (χ0n) is 11.6. The lowest BCUT2D eigenvalue weighted by atomic mass is 10.0. The molecule has 1 atom stereocenters. The fraction of sp³-hybridized carbons (Fsp3) is 0.250. The number of rotatable bonds is 5. The molecule has 0 spiro atoms. The van der Waals surface area contributed by atoms with Crippen molar-refractivity contribution in [1.29, 1.82) is 0 Å². The van der Waals surface area contributed by atoms with Crippen LogP contribution in [0.15, 0.2) is 48.5 Å². The van der Waals surface area contributed by atoms with Crippen LogP contribution in [0.1, 0.15) is 23.6 Å². The smallest absolute Gasteiger partial charge is 0.263 e. The molecule has 0 bridgehead atoms. The molecule has 0 amide bonds. The van der Waals surface area contributed by atoms with Gasteiger partial charge in [0.1, 0.15) is 5.82 Å². The Labute approximate surface area is 122 Å². The molecule has 5 heteroatoms. The number of hydrogen-bond donors (Lipinski definition) is 1.